The Balaban J connectivity index is 1.29. The lowest BCUT2D eigenvalue weighted by Crippen LogP contribution is -2.66. The quantitative estimate of drug-likeness (QED) is 0.190. The molecule has 5 aliphatic carbocycles. The molecule has 0 aromatic heterocycles. The minimum Gasteiger partial charge on any atom is -0.481 e. The Bertz CT molecular complexity index is 1740. The first kappa shape index (κ1) is 44.3. The van der Waals surface area contributed by atoms with Crippen molar-refractivity contribution in [2.75, 3.05) is 33.7 Å². The summed E-state index contributed by atoms with van der Waals surface area (Å²) in [4.78, 5) is 43.8. The number of benzene rings is 1. The molecule has 57 heavy (non-hydrogen) atoms. The number of carboxylic acids is 1. The van der Waals surface area contributed by atoms with Gasteiger partial charge in [0, 0.05) is 48.5 Å². The zero-order valence-electron chi connectivity index (χ0n) is 37.0. The van der Waals surface area contributed by atoms with Gasteiger partial charge in [-0.1, -0.05) is 77.8 Å². The summed E-state index contributed by atoms with van der Waals surface area (Å²) in [6.45, 7) is 22.6. The number of hydrogen-bond acceptors (Lipinski definition) is 7. The summed E-state index contributed by atoms with van der Waals surface area (Å²) >= 11 is 6.24. The average molecular weight is 810 g/mol. The number of Topliss-reactive ketones (excluding diaryl/α,β-unsaturated/α-hetero) is 1. The van der Waals surface area contributed by atoms with Crippen molar-refractivity contribution < 1.29 is 29.3 Å². The van der Waals surface area contributed by atoms with Crippen molar-refractivity contribution in [3.8, 4) is 0 Å². The van der Waals surface area contributed by atoms with E-state index in [2.05, 4.69) is 84.5 Å². The molecule has 0 saturated heterocycles. The fraction of sp³-hybridized carbons (Fsp3) is 0.771. The maximum absolute atomic E-state index is 14.3. The summed E-state index contributed by atoms with van der Waals surface area (Å²) in [7, 11) is 4.17. The number of carbonyl (C=O) groups is 3. The number of carboxylic acid groups (broad SMARTS) is 1. The molecule has 2 N–H and O–H groups in total. The standard InChI is InChI=1S/C48H73ClN2O6/c1-30(2)40-34(52)26-48(37(53)29-51(25-24-50(10)11)28-31-12-14-32(49)15-13-31)23-22-46(8)33(41(40)48)16-17-36-45(7)20-19-38(57-39(54)27-43(3,4)42(55)56)44(5,6)35(45)18-21-47(36,46)9/h12-15,30,33,35-38,53H,16-29H2,1-11H3,(H,55,56)/t33-,35-,36-,37+,38+,45+,46-,47-,48?/m1/s1. The second-order valence-corrected chi connectivity index (χ2v) is 22.2. The number of allylic oxidation sites excluding steroid dienone is 1. The van der Waals surface area contributed by atoms with Gasteiger partial charge in [-0.05, 0) is 142 Å². The van der Waals surface area contributed by atoms with Gasteiger partial charge in [0.15, 0.2) is 5.78 Å². The zero-order chi connectivity index (χ0) is 42.1. The van der Waals surface area contributed by atoms with Crippen LogP contribution >= 0.6 is 11.6 Å². The van der Waals surface area contributed by atoms with Crippen molar-refractivity contribution in [2.24, 2.45) is 56.2 Å². The molecule has 318 valence electrons. The SMILES string of the molecule is CC(C)C1=C2[C@H]3CC[C@@H]4[C@@]5(C)CC[C@H](OC(=O)CC(C)(C)C(=O)O)C(C)(C)[C@H]5CC[C@@]4(C)[C@]3(C)CCC2([C@@H](O)CN(CCN(C)C)Cc2ccc(Cl)cc2)CC1=O. The highest BCUT2D eigenvalue weighted by atomic mass is 35.5. The second-order valence-electron chi connectivity index (χ2n) is 21.7. The molecule has 6 rings (SSSR count). The minimum atomic E-state index is -1.17. The number of ketones is 1. The average Bonchev–Trinajstić information content (AvgIpc) is 3.42. The molecule has 4 fully saturated rings. The molecule has 4 saturated carbocycles. The molecule has 1 aromatic rings. The predicted octanol–water partition coefficient (Wildman–Crippen LogP) is 9.46. The molecule has 0 spiro atoms. The number of ether oxygens (including phenoxy) is 1. The molecule has 0 aliphatic heterocycles. The smallest absolute Gasteiger partial charge is 0.309 e. The van der Waals surface area contributed by atoms with Gasteiger partial charge in [-0.2, -0.15) is 0 Å². The molecule has 1 unspecified atom stereocenters. The monoisotopic (exact) mass is 809 g/mol. The van der Waals surface area contributed by atoms with Crippen molar-refractivity contribution in [3.63, 3.8) is 0 Å². The number of carbonyl (C=O) groups excluding carboxylic acids is 2. The number of rotatable bonds is 13. The van der Waals surface area contributed by atoms with Gasteiger partial charge in [-0.3, -0.25) is 19.3 Å². The molecule has 0 amide bonds. The van der Waals surface area contributed by atoms with E-state index < -0.39 is 28.9 Å². The van der Waals surface area contributed by atoms with E-state index in [1.807, 2.05) is 12.1 Å². The van der Waals surface area contributed by atoms with E-state index in [0.717, 1.165) is 75.6 Å². The summed E-state index contributed by atoms with van der Waals surface area (Å²) in [6, 6.07) is 8.00. The fourth-order valence-corrected chi connectivity index (χ4v) is 13.9. The molecule has 1 aromatic carbocycles. The van der Waals surface area contributed by atoms with Gasteiger partial charge >= 0.3 is 11.9 Å². The minimum absolute atomic E-state index is 0.0308. The number of fused-ring (bicyclic) bond motifs is 7. The van der Waals surface area contributed by atoms with E-state index in [-0.39, 0.29) is 51.8 Å². The summed E-state index contributed by atoms with van der Waals surface area (Å²) in [6.07, 6.45) is 7.13. The first-order valence-corrected chi connectivity index (χ1v) is 22.3. The maximum Gasteiger partial charge on any atom is 0.309 e. The lowest BCUT2D eigenvalue weighted by atomic mass is 9.33. The van der Waals surface area contributed by atoms with Crippen LogP contribution in [-0.2, 0) is 25.7 Å². The Morgan fingerprint density at radius 2 is 1.58 bits per heavy atom. The van der Waals surface area contributed by atoms with Gasteiger partial charge in [0.1, 0.15) is 6.10 Å². The first-order chi connectivity index (χ1) is 26.4. The molecule has 0 radical (unpaired) electrons. The first-order valence-electron chi connectivity index (χ1n) is 21.9. The van der Waals surface area contributed by atoms with Gasteiger partial charge in [0.25, 0.3) is 0 Å². The van der Waals surface area contributed by atoms with E-state index in [0.29, 0.717) is 36.4 Å². The van der Waals surface area contributed by atoms with Crippen LogP contribution in [0.4, 0.5) is 0 Å². The Kier molecular flexibility index (Phi) is 12.2. The summed E-state index contributed by atoms with van der Waals surface area (Å²) in [5.41, 5.74) is 1.54. The van der Waals surface area contributed by atoms with E-state index in [1.54, 1.807) is 13.8 Å². The summed E-state index contributed by atoms with van der Waals surface area (Å²) in [5.74, 6) is 0.00261. The number of likely N-dealkylation sites (N-methyl/N-ethyl adjacent to an activating group) is 1. The lowest BCUT2D eigenvalue weighted by molar-refractivity contribution is -0.235. The number of aliphatic hydroxyl groups is 1. The number of nitrogens with zero attached hydrogens (tertiary/aromatic N) is 2. The van der Waals surface area contributed by atoms with Crippen molar-refractivity contribution in [1.82, 2.24) is 9.80 Å². The normalized spacial score (nSPS) is 35.5. The molecule has 0 bridgehead atoms. The van der Waals surface area contributed by atoms with E-state index >= 15 is 0 Å². The van der Waals surface area contributed by atoms with E-state index in [9.17, 15) is 24.6 Å². The highest BCUT2D eigenvalue weighted by Gasteiger charge is 2.71. The van der Waals surface area contributed by atoms with Gasteiger partial charge in [-0.15, -0.1) is 0 Å². The molecule has 9 atom stereocenters. The molecule has 0 heterocycles. The number of esters is 1. The second kappa shape index (κ2) is 15.6. The van der Waals surface area contributed by atoms with Crippen LogP contribution in [0.25, 0.3) is 0 Å². The van der Waals surface area contributed by atoms with Crippen molar-refractivity contribution >= 4 is 29.3 Å². The molecular formula is C48H73ClN2O6. The van der Waals surface area contributed by atoms with Crippen LogP contribution < -0.4 is 0 Å². The fourth-order valence-electron chi connectivity index (χ4n) is 13.8. The molecule has 8 nitrogen and oxygen atoms in total. The van der Waals surface area contributed by atoms with Crippen LogP contribution in [0.5, 0.6) is 0 Å². The van der Waals surface area contributed by atoms with Crippen LogP contribution in [0.1, 0.15) is 132 Å². The Morgan fingerprint density at radius 3 is 2.19 bits per heavy atom. The van der Waals surface area contributed by atoms with Crippen molar-refractivity contribution in [2.45, 2.75) is 145 Å². The van der Waals surface area contributed by atoms with Gasteiger partial charge in [-0.25, -0.2) is 0 Å². The topological polar surface area (TPSA) is 107 Å². The largest absolute Gasteiger partial charge is 0.481 e. The summed E-state index contributed by atoms with van der Waals surface area (Å²) in [5, 5.41) is 23.0. The lowest BCUT2D eigenvalue weighted by Gasteiger charge is -2.72. The number of aliphatic hydroxyl groups excluding tert-OH is 1. The third kappa shape index (κ3) is 7.58. The van der Waals surface area contributed by atoms with E-state index in [4.69, 9.17) is 16.3 Å². The van der Waals surface area contributed by atoms with Crippen LogP contribution in [-0.4, -0.2) is 83.7 Å². The predicted molar refractivity (Wildman–Crippen MR) is 227 cm³/mol. The van der Waals surface area contributed by atoms with Crippen LogP contribution in [0.3, 0.4) is 0 Å². The van der Waals surface area contributed by atoms with Crippen LogP contribution in [0.15, 0.2) is 35.4 Å². The van der Waals surface area contributed by atoms with Crippen LogP contribution in [0.2, 0.25) is 5.02 Å². The number of hydrogen-bond donors (Lipinski definition) is 2. The van der Waals surface area contributed by atoms with Gasteiger partial charge in [0.05, 0.1) is 17.9 Å². The Morgan fingerprint density at radius 1 is 0.912 bits per heavy atom. The van der Waals surface area contributed by atoms with E-state index in [1.165, 1.54) is 5.57 Å². The van der Waals surface area contributed by atoms with Gasteiger partial charge in [0.2, 0.25) is 0 Å². The summed E-state index contributed by atoms with van der Waals surface area (Å²) < 4.78 is 6.20. The molecular weight excluding hydrogens is 736 g/mol. The third-order valence-electron chi connectivity index (χ3n) is 17.1. The van der Waals surface area contributed by atoms with Crippen LogP contribution in [0, 0.1) is 56.2 Å². The zero-order valence-corrected chi connectivity index (χ0v) is 37.7. The number of halogens is 1. The molecule has 5 aliphatic rings. The Hall–Kier alpha value is -2.26. The van der Waals surface area contributed by atoms with Crippen molar-refractivity contribution in [3.05, 3.63) is 46.0 Å². The maximum atomic E-state index is 14.3. The number of aliphatic carboxylic acids is 1. The third-order valence-corrected chi connectivity index (χ3v) is 17.4. The Labute approximate surface area is 348 Å². The molecule has 9 heteroatoms. The van der Waals surface area contributed by atoms with Gasteiger partial charge < -0.3 is 19.8 Å². The highest BCUT2D eigenvalue weighted by Crippen LogP contribution is 2.77. The van der Waals surface area contributed by atoms with Crippen molar-refractivity contribution in [1.29, 1.82) is 0 Å². The highest BCUT2D eigenvalue weighted by molar-refractivity contribution is 6.30.